The molecule has 0 heterocycles. The summed E-state index contributed by atoms with van der Waals surface area (Å²) in [7, 11) is 0. The molecule has 0 unspecified atom stereocenters. The SMILES string of the molecule is CC1CC(=CC2=CCC(=[N+]=[N-])C=C2)C(=O)C(=CC2=CCC(=[N+]=[N-])C=C2)C1. The van der Waals surface area contributed by atoms with Crippen LogP contribution in [0.5, 0.6) is 0 Å². The molecule has 1 saturated carbocycles. The largest absolute Gasteiger partial charge is 0.361 e. The second-order valence-corrected chi connectivity index (χ2v) is 6.85. The molecular formula is C21H20N4O. The molecule has 1 fully saturated rings. The summed E-state index contributed by atoms with van der Waals surface area (Å²) >= 11 is 0. The molecule has 0 aromatic heterocycles. The Morgan fingerprint density at radius 1 is 0.885 bits per heavy atom. The summed E-state index contributed by atoms with van der Waals surface area (Å²) in [5, 5.41) is 0. The van der Waals surface area contributed by atoms with E-state index in [-0.39, 0.29) is 5.78 Å². The molecule has 5 heteroatoms. The third kappa shape index (κ3) is 4.09. The first-order chi connectivity index (χ1) is 12.6. The molecule has 0 aliphatic heterocycles. The van der Waals surface area contributed by atoms with Crippen LogP contribution >= 0.6 is 0 Å². The van der Waals surface area contributed by atoms with Crippen molar-refractivity contribution in [1.82, 2.24) is 0 Å². The van der Waals surface area contributed by atoms with Crippen LogP contribution < -0.4 is 0 Å². The van der Waals surface area contributed by atoms with Crippen LogP contribution in [0.15, 0.2) is 70.9 Å². The van der Waals surface area contributed by atoms with Crippen LogP contribution in [0, 0.1) is 5.92 Å². The summed E-state index contributed by atoms with van der Waals surface area (Å²) in [6.07, 6.45) is 17.7. The van der Waals surface area contributed by atoms with E-state index in [1.165, 1.54) is 0 Å². The molecule has 26 heavy (non-hydrogen) atoms. The number of allylic oxidation sites excluding steroid dienone is 12. The second kappa shape index (κ2) is 7.83. The van der Waals surface area contributed by atoms with Crippen LogP contribution in [0.2, 0.25) is 0 Å². The summed E-state index contributed by atoms with van der Waals surface area (Å²) in [5.74, 6) is 0.491. The lowest BCUT2D eigenvalue weighted by Crippen LogP contribution is -2.19. The van der Waals surface area contributed by atoms with Gasteiger partial charge in [-0.1, -0.05) is 19.1 Å². The zero-order valence-electron chi connectivity index (χ0n) is 14.7. The van der Waals surface area contributed by atoms with Crippen LogP contribution in [-0.4, -0.2) is 26.8 Å². The van der Waals surface area contributed by atoms with E-state index in [1.54, 1.807) is 12.2 Å². The molecule has 0 saturated heterocycles. The third-order valence-electron chi connectivity index (χ3n) is 4.69. The minimum Gasteiger partial charge on any atom is -0.361 e. The molecule has 0 spiro atoms. The molecule has 0 atom stereocenters. The number of carbonyl (C=O) groups is 1. The van der Waals surface area contributed by atoms with Crippen LogP contribution in [0.3, 0.4) is 0 Å². The minimum absolute atomic E-state index is 0.0925. The van der Waals surface area contributed by atoms with Crippen molar-refractivity contribution in [2.24, 2.45) is 5.92 Å². The van der Waals surface area contributed by atoms with E-state index in [4.69, 9.17) is 11.1 Å². The van der Waals surface area contributed by atoms with Crippen molar-refractivity contribution in [3.63, 3.8) is 0 Å². The smallest absolute Gasteiger partial charge is 0.295 e. The number of carbonyl (C=O) groups excluding carboxylic acids is 1. The number of nitrogens with zero attached hydrogens (tertiary/aromatic N) is 4. The van der Waals surface area contributed by atoms with E-state index >= 15 is 0 Å². The predicted molar refractivity (Wildman–Crippen MR) is 101 cm³/mol. The Morgan fingerprint density at radius 3 is 1.69 bits per heavy atom. The highest BCUT2D eigenvalue weighted by atomic mass is 16.1. The Kier molecular flexibility index (Phi) is 5.33. The highest BCUT2D eigenvalue weighted by Crippen LogP contribution is 2.32. The van der Waals surface area contributed by atoms with Crippen LogP contribution in [0.1, 0.15) is 32.6 Å². The first kappa shape index (κ1) is 17.7. The van der Waals surface area contributed by atoms with Gasteiger partial charge in [0.1, 0.15) is 0 Å². The Morgan fingerprint density at radius 2 is 1.35 bits per heavy atom. The first-order valence-electron chi connectivity index (χ1n) is 8.73. The van der Waals surface area contributed by atoms with E-state index in [9.17, 15) is 4.79 Å². The van der Waals surface area contributed by atoms with E-state index in [1.807, 2.05) is 36.5 Å². The van der Waals surface area contributed by atoms with Gasteiger partial charge in [-0.15, -0.1) is 0 Å². The van der Waals surface area contributed by atoms with E-state index in [2.05, 4.69) is 16.5 Å². The quantitative estimate of drug-likeness (QED) is 0.423. The lowest BCUT2D eigenvalue weighted by molar-refractivity contribution is -0.113. The predicted octanol–water partition coefficient (Wildman–Crippen LogP) is 3.95. The molecule has 0 N–H and O–H groups in total. The minimum atomic E-state index is 0.0925. The molecule has 0 aromatic carbocycles. The van der Waals surface area contributed by atoms with Crippen molar-refractivity contribution < 1.29 is 14.4 Å². The average molecular weight is 344 g/mol. The van der Waals surface area contributed by atoms with Gasteiger partial charge in [0.25, 0.3) is 11.4 Å². The van der Waals surface area contributed by atoms with Gasteiger partial charge < -0.3 is 11.1 Å². The number of rotatable bonds is 2. The maximum Gasteiger partial charge on any atom is 0.295 e. The van der Waals surface area contributed by atoms with Gasteiger partial charge >= 0.3 is 0 Å². The zero-order valence-corrected chi connectivity index (χ0v) is 14.7. The molecule has 5 nitrogen and oxygen atoms in total. The molecule has 0 amide bonds. The van der Waals surface area contributed by atoms with Crippen molar-refractivity contribution in [1.29, 1.82) is 0 Å². The van der Waals surface area contributed by atoms with Crippen LogP contribution in [-0.2, 0) is 4.79 Å². The number of hydrogen-bond donors (Lipinski definition) is 0. The third-order valence-corrected chi connectivity index (χ3v) is 4.69. The van der Waals surface area contributed by atoms with Gasteiger partial charge in [0.15, 0.2) is 5.78 Å². The van der Waals surface area contributed by atoms with Gasteiger partial charge in [-0.2, -0.15) is 9.58 Å². The molecule has 130 valence electrons. The van der Waals surface area contributed by atoms with Crippen molar-refractivity contribution >= 4 is 17.2 Å². The number of ketones is 1. The average Bonchev–Trinajstić information content (AvgIpc) is 2.66. The van der Waals surface area contributed by atoms with E-state index < -0.39 is 0 Å². The summed E-state index contributed by atoms with van der Waals surface area (Å²) in [5.41, 5.74) is 22.4. The lowest BCUT2D eigenvalue weighted by Gasteiger charge is -2.23. The van der Waals surface area contributed by atoms with Crippen LogP contribution in [0.4, 0.5) is 0 Å². The van der Waals surface area contributed by atoms with Gasteiger partial charge in [0, 0.05) is 23.3 Å². The maximum atomic E-state index is 12.9. The lowest BCUT2D eigenvalue weighted by atomic mass is 9.80. The maximum absolute atomic E-state index is 12.9. The van der Waals surface area contributed by atoms with Gasteiger partial charge in [0.2, 0.25) is 0 Å². The molecule has 0 radical (unpaired) electrons. The summed E-state index contributed by atoms with van der Waals surface area (Å²) in [4.78, 5) is 19.3. The fraction of sp³-hybridized carbons (Fsp3) is 0.286. The van der Waals surface area contributed by atoms with Crippen molar-refractivity contribution in [3.05, 3.63) is 82.0 Å². The second-order valence-electron chi connectivity index (χ2n) is 6.85. The summed E-state index contributed by atoms with van der Waals surface area (Å²) in [6.45, 7) is 2.15. The molecule has 0 aromatic rings. The molecular weight excluding hydrogens is 324 g/mol. The van der Waals surface area contributed by atoms with E-state index in [0.717, 1.165) is 35.1 Å². The zero-order chi connectivity index (χ0) is 18.5. The number of Topliss-reactive ketones (excluding diaryl/α,β-unsaturated/α-hetero) is 1. The Hall–Kier alpha value is -3.13. The number of hydrogen-bond acceptors (Lipinski definition) is 1. The normalized spacial score (nSPS) is 25.9. The standard InChI is InChI=1S/C21H20N4O/c1-14-10-17(12-15-2-6-19(24-22)7-3-15)21(26)18(11-14)13-16-4-8-20(25-23)9-5-16/h2-6,8,12-14H,7,9-11H2,1H3. The van der Waals surface area contributed by atoms with Crippen LogP contribution in [0.25, 0.3) is 11.1 Å². The summed E-state index contributed by atoms with van der Waals surface area (Å²) in [6, 6.07) is 0. The van der Waals surface area contributed by atoms with E-state index in [0.29, 0.717) is 30.2 Å². The van der Waals surface area contributed by atoms with Gasteiger partial charge in [-0.05, 0) is 54.2 Å². The molecule has 3 rings (SSSR count). The highest BCUT2D eigenvalue weighted by molar-refractivity contribution is 6.10. The van der Waals surface area contributed by atoms with Gasteiger partial charge in [-0.25, -0.2) is 0 Å². The fourth-order valence-corrected chi connectivity index (χ4v) is 3.33. The van der Waals surface area contributed by atoms with Crippen molar-refractivity contribution in [3.8, 4) is 0 Å². The fourth-order valence-electron chi connectivity index (χ4n) is 3.33. The van der Waals surface area contributed by atoms with Crippen molar-refractivity contribution in [2.75, 3.05) is 0 Å². The topological polar surface area (TPSA) is 89.9 Å². The Balaban J connectivity index is 1.83. The molecule has 0 bridgehead atoms. The van der Waals surface area contributed by atoms with Gasteiger partial charge in [-0.3, -0.25) is 4.79 Å². The molecule has 3 aliphatic rings. The highest BCUT2D eigenvalue weighted by Gasteiger charge is 2.26. The van der Waals surface area contributed by atoms with Crippen molar-refractivity contribution in [2.45, 2.75) is 32.6 Å². The Bertz CT molecular complexity index is 853. The van der Waals surface area contributed by atoms with Gasteiger partial charge in [0.05, 0.1) is 12.8 Å². The Labute approximate surface area is 152 Å². The summed E-state index contributed by atoms with van der Waals surface area (Å²) < 4.78 is 0. The monoisotopic (exact) mass is 344 g/mol. The molecule has 3 aliphatic carbocycles. The first-order valence-corrected chi connectivity index (χ1v) is 8.73.